The molecule has 198 valence electrons. The Morgan fingerprint density at radius 1 is 0.921 bits per heavy atom. The van der Waals surface area contributed by atoms with Gasteiger partial charge >= 0.3 is 0 Å². The molecule has 9 heteroatoms. The van der Waals surface area contributed by atoms with Gasteiger partial charge in [0.15, 0.2) is 5.65 Å². The number of halogens is 1. The van der Waals surface area contributed by atoms with Gasteiger partial charge in [0.25, 0.3) is 0 Å². The molecule has 0 bridgehead atoms. The van der Waals surface area contributed by atoms with Crippen LogP contribution in [0.15, 0.2) is 54.9 Å². The second-order valence-electron chi connectivity index (χ2n) is 10.6. The van der Waals surface area contributed by atoms with Gasteiger partial charge in [-0.2, -0.15) is 5.10 Å². The Morgan fingerprint density at radius 3 is 2.37 bits per heavy atom. The Hall–Kier alpha value is -3.20. The fourth-order valence-electron chi connectivity index (χ4n) is 5.89. The smallest absolute Gasteiger partial charge is 0.164 e. The molecule has 0 radical (unpaired) electrons. The number of fused-ring (bicyclic) bond motifs is 1. The van der Waals surface area contributed by atoms with Gasteiger partial charge in [0, 0.05) is 55.0 Å². The number of nitrogens with one attached hydrogen (secondary N) is 1. The lowest BCUT2D eigenvalue weighted by Gasteiger charge is -2.41. The molecule has 3 N–H and O–H groups in total. The lowest BCUT2D eigenvalue weighted by Crippen LogP contribution is -2.49. The molecule has 2 aliphatic rings. The van der Waals surface area contributed by atoms with Crippen molar-refractivity contribution in [1.29, 1.82) is 0 Å². The zero-order chi connectivity index (χ0) is 26.1. The van der Waals surface area contributed by atoms with E-state index in [1.807, 2.05) is 24.3 Å². The maximum absolute atomic E-state index is 6.38. The van der Waals surface area contributed by atoms with Crippen LogP contribution < -0.4 is 11.1 Å². The van der Waals surface area contributed by atoms with Crippen molar-refractivity contribution in [2.75, 3.05) is 44.3 Å². The molecule has 1 aliphatic carbocycles. The number of piperazine rings is 1. The van der Waals surface area contributed by atoms with Crippen LogP contribution in [0, 0.1) is 0 Å². The number of benzene rings is 2. The average molecular weight is 531 g/mol. The first-order valence-electron chi connectivity index (χ1n) is 13.6. The highest BCUT2D eigenvalue weighted by Gasteiger charge is 2.30. The second-order valence-corrected chi connectivity index (χ2v) is 11.0. The third kappa shape index (κ3) is 5.08. The molecule has 3 heterocycles. The zero-order valence-electron chi connectivity index (χ0n) is 21.9. The summed E-state index contributed by atoms with van der Waals surface area (Å²) in [7, 11) is 2.22. The number of nitrogens with zero attached hydrogens (tertiary/aromatic N) is 6. The van der Waals surface area contributed by atoms with Crippen molar-refractivity contribution < 1.29 is 0 Å². The predicted octanol–water partition coefficient (Wildman–Crippen LogP) is 5.07. The van der Waals surface area contributed by atoms with E-state index in [9.17, 15) is 0 Å². The maximum Gasteiger partial charge on any atom is 0.164 e. The average Bonchev–Trinajstić information content (AvgIpc) is 3.34. The van der Waals surface area contributed by atoms with Gasteiger partial charge in [-0.1, -0.05) is 41.9 Å². The summed E-state index contributed by atoms with van der Waals surface area (Å²) in [5, 5.41) is 10.2. The number of hydrogen-bond acceptors (Lipinski definition) is 7. The fraction of sp³-hybridized carbons (Fsp3) is 0.414. The molecule has 38 heavy (non-hydrogen) atoms. The second kappa shape index (κ2) is 10.9. The zero-order valence-corrected chi connectivity index (χ0v) is 22.6. The van der Waals surface area contributed by atoms with Crippen LogP contribution in [0.3, 0.4) is 0 Å². The molecule has 1 aliphatic heterocycles. The van der Waals surface area contributed by atoms with Crippen molar-refractivity contribution in [1.82, 2.24) is 29.5 Å². The Morgan fingerprint density at radius 2 is 1.63 bits per heavy atom. The van der Waals surface area contributed by atoms with Crippen LogP contribution >= 0.6 is 11.6 Å². The Bertz CT molecular complexity index is 1390. The monoisotopic (exact) mass is 530 g/mol. The molecule has 2 aromatic heterocycles. The number of likely N-dealkylation sites (N-methyl/N-ethyl adjacent to an activating group) is 1. The largest absolute Gasteiger partial charge is 0.383 e. The molecule has 8 nitrogen and oxygen atoms in total. The molecule has 1 saturated heterocycles. The fourth-order valence-corrected chi connectivity index (χ4v) is 6.09. The van der Waals surface area contributed by atoms with E-state index in [0.717, 1.165) is 64.5 Å². The molecule has 2 fully saturated rings. The van der Waals surface area contributed by atoms with E-state index >= 15 is 0 Å². The quantitative estimate of drug-likeness (QED) is 0.359. The topological polar surface area (TPSA) is 88.1 Å². The lowest BCUT2D eigenvalue weighted by atomic mass is 9.90. The molecule has 2 aromatic carbocycles. The van der Waals surface area contributed by atoms with E-state index in [1.165, 1.54) is 25.9 Å². The van der Waals surface area contributed by atoms with Crippen molar-refractivity contribution in [2.45, 2.75) is 44.3 Å². The summed E-state index contributed by atoms with van der Waals surface area (Å²) in [4.78, 5) is 14.0. The van der Waals surface area contributed by atoms with Crippen molar-refractivity contribution in [3.63, 3.8) is 0 Å². The van der Waals surface area contributed by atoms with Crippen LogP contribution in [0.4, 0.5) is 11.5 Å². The molecule has 0 amide bonds. The third-order valence-corrected chi connectivity index (χ3v) is 8.55. The molecule has 0 spiro atoms. The molecular weight excluding hydrogens is 496 g/mol. The summed E-state index contributed by atoms with van der Waals surface area (Å²) in [5.74, 6) is 0.475. The molecular formula is C29H35ClN8. The minimum Gasteiger partial charge on any atom is -0.383 e. The summed E-state index contributed by atoms with van der Waals surface area (Å²) >= 11 is 6.31. The molecule has 0 atom stereocenters. The molecule has 0 unspecified atom stereocenters. The number of nitrogen functional groups attached to an aromatic ring is 1. The van der Waals surface area contributed by atoms with Gasteiger partial charge in [-0.3, -0.25) is 4.90 Å². The van der Waals surface area contributed by atoms with Crippen LogP contribution in [-0.2, 0) is 6.54 Å². The summed E-state index contributed by atoms with van der Waals surface area (Å²) in [6, 6.07) is 17.2. The van der Waals surface area contributed by atoms with Crippen molar-refractivity contribution in [3.05, 3.63) is 65.4 Å². The lowest BCUT2D eigenvalue weighted by molar-refractivity contribution is 0.0815. The van der Waals surface area contributed by atoms with Crippen LogP contribution in [0.25, 0.3) is 22.3 Å². The van der Waals surface area contributed by atoms with Crippen molar-refractivity contribution in [3.8, 4) is 11.3 Å². The van der Waals surface area contributed by atoms with Crippen LogP contribution in [0.5, 0.6) is 0 Å². The highest BCUT2D eigenvalue weighted by atomic mass is 35.5. The Labute approximate surface area is 228 Å². The number of rotatable bonds is 6. The van der Waals surface area contributed by atoms with E-state index in [-0.39, 0.29) is 0 Å². The number of aromatic nitrogens is 4. The summed E-state index contributed by atoms with van der Waals surface area (Å²) in [6.45, 7) is 5.34. The van der Waals surface area contributed by atoms with E-state index in [2.05, 4.69) is 61.1 Å². The van der Waals surface area contributed by atoms with Crippen molar-refractivity contribution >= 4 is 34.1 Å². The molecule has 4 aromatic rings. The first-order valence-corrected chi connectivity index (χ1v) is 13.9. The van der Waals surface area contributed by atoms with E-state index < -0.39 is 0 Å². The van der Waals surface area contributed by atoms with Gasteiger partial charge in [-0.15, -0.1) is 0 Å². The number of hydrogen-bond donors (Lipinski definition) is 2. The van der Waals surface area contributed by atoms with Gasteiger partial charge in [0.2, 0.25) is 0 Å². The Balaban J connectivity index is 1.20. The maximum atomic E-state index is 6.38. The van der Waals surface area contributed by atoms with Gasteiger partial charge in [0.1, 0.15) is 17.8 Å². The minimum absolute atomic E-state index is 0.320. The van der Waals surface area contributed by atoms with Gasteiger partial charge in [0.05, 0.1) is 11.4 Å². The van der Waals surface area contributed by atoms with Crippen LogP contribution in [0.1, 0.15) is 37.3 Å². The highest BCUT2D eigenvalue weighted by Crippen LogP contribution is 2.37. The predicted molar refractivity (Wildman–Crippen MR) is 154 cm³/mol. The van der Waals surface area contributed by atoms with E-state index in [1.54, 1.807) is 6.33 Å². The van der Waals surface area contributed by atoms with Crippen LogP contribution in [0.2, 0.25) is 5.02 Å². The SMILES string of the molecule is CN1CCN(C2CCC(n3nc(-c4ccc(NCc5ccccc5Cl)cc4)c4c(N)ncnc43)CC2)CC1. The minimum atomic E-state index is 0.320. The summed E-state index contributed by atoms with van der Waals surface area (Å²) in [6.07, 6.45) is 6.14. The Kier molecular flexibility index (Phi) is 7.19. The highest BCUT2D eigenvalue weighted by molar-refractivity contribution is 6.31. The van der Waals surface area contributed by atoms with Gasteiger partial charge in [-0.25, -0.2) is 14.6 Å². The van der Waals surface area contributed by atoms with E-state index in [4.69, 9.17) is 22.4 Å². The normalized spacial score (nSPS) is 21.1. The third-order valence-electron chi connectivity index (χ3n) is 8.18. The van der Waals surface area contributed by atoms with Gasteiger partial charge in [-0.05, 0) is 56.5 Å². The van der Waals surface area contributed by atoms with Crippen LogP contribution in [-0.4, -0.2) is 68.8 Å². The van der Waals surface area contributed by atoms with Crippen molar-refractivity contribution in [2.24, 2.45) is 0 Å². The number of anilines is 2. The van der Waals surface area contributed by atoms with E-state index in [0.29, 0.717) is 24.4 Å². The first kappa shape index (κ1) is 25.1. The van der Waals surface area contributed by atoms with Gasteiger partial charge < -0.3 is 16.0 Å². The summed E-state index contributed by atoms with van der Waals surface area (Å²) in [5.41, 5.74) is 11.1. The molecule has 6 rings (SSSR count). The first-order chi connectivity index (χ1) is 18.6. The molecule has 1 saturated carbocycles. The number of nitrogens with two attached hydrogens (primary N) is 1. The standard InChI is InChI=1S/C29H35ClN8/c1-36-14-16-37(17-15-36)23-10-12-24(13-11-23)38-29-26(28(31)33-19-34-29)27(35-38)20-6-8-22(9-7-20)32-18-21-4-2-3-5-25(21)30/h2-9,19,23-24,32H,10-18H2,1H3,(H2,31,33,34). The summed E-state index contributed by atoms with van der Waals surface area (Å²) < 4.78 is 2.12.